The lowest BCUT2D eigenvalue weighted by molar-refractivity contribution is 0.0758. The summed E-state index contributed by atoms with van der Waals surface area (Å²) in [4.78, 5) is 21.4. The van der Waals surface area contributed by atoms with Crippen LogP contribution in [0.3, 0.4) is 0 Å². The standard InChI is InChI=1S/C20H18FN3O2/c21-18-7-8-19(26-24-20(25)16-2-1-9-23-13-16)17(11-18)10-14-3-5-15(12-22)6-4-14/h1-9,11,13H,10,12,22H2,(H,24,25). The number of nitrogens with one attached hydrogen (secondary N) is 1. The van der Waals surface area contributed by atoms with E-state index in [0.717, 1.165) is 11.1 Å². The molecule has 1 aromatic heterocycles. The minimum Gasteiger partial charge on any atom is -0.379 e. The maximum Gasteiger partial charge on any atom is 0.285 e. The van der Waals surface area contributed by atoms with Crippen molar-refractivity contribution in [3.05, 3.63) is 95.1 Å². The minimum absolute atomic E-state index is 0.369. The molecule has 26 heavy (non-hydrogen) atoms. The summed E-state index contributed by atoms with van der Waals surface area (Å²) < 4.78 is 13.7. The minimum atomic E-state index is -0.430. The first-order valence-corrected chi connectivity index (χ1v) is 8.09. The van der Waals surface area contributed by atoms with E-state index in [0.29, 0.717) is 29.8 Å². The number of carbonyl (C=O) groups is 1. The second-order valence-electron chi connectivity index (χ2n) is 5.72. The molecule has 5 nitrogen and oxygen atoms in total. The predicted molar refractivity (Wildman–Crippen MR) is 95.9 cm³/mol. The molecule has 0 radical (unpaired) electrons. The quantitative estimate of drug-likeness (QED) is 0.669. The zero-order chi connectivity index (χ0) is 18.4. The molecule has 0 spiro atoms. The van der Waals surface area contributed by atoms with E-state index in [1.807, 2.05) is 24.3 Å². The Morgan fingerprint density at radius 1 is 1.12 bits per heavy atom. The van der Waals surface area contributed by atoms with Crippen molar-refractivity contribution < 1.29 is 14.0 Å². The van der Waals surface area contributed by atoms with Crippen molar-refractivity contribution in [3.8, 4) is 5.75 Å². The van der Waals surface area contributed by atoms with Crippen molar-refractivity contribution in [2.75, 3.05) is 0 Å². The van der Waals surface area contributed by atoms with Crippen LogP contribution in [0.2, 0.25) is 0 Å². The summed E-state index contributed by atoms with van der Waals surface area (Å²) in [6.45, 7) is 0.467. The van der Waals surface area contributed by atoms with Crippen LogP contribution in [0, 0.1) is 5.82 Å². The third kappa shape index (κ3) is 4.43. The molecule has 0 aliphatic rings. The molecule has 0 atom stereocenters. The van der Waals surface area contributed by atoms with Crippen LogP contribution < -0.4 is 16.1 Å². The Kier molecular flexibility index (Phi) is 5.56. The molecule has 2 aromatic carbocycles. The van der Waals surface area contributed by atoms with Crippen LogP contribution >= 0.6 is 0 Å². The van der Waals surface area contributed by atoms with E-state index in [4.69, 9.17) is 10.6 Å². The molecule has 3 aromatic rings. The van der Waals surface area contributed by atoms with Crippen molar-refractivity contribution in [1.82, 2.24) is 10.5 Å². The highest BCUT2D eigenvalue weighted by Gasteiger charge is 2.10. The van der Waals surface area contributed by atoms with Crippen LogP contribution in [-0.4, -0.2) is 10.9 Å². The van der Waals surface area contributed by atoms with Crippen LogP contribution in [0.5, 0.6) is 5.75 Å². The number of amides is 1. The molecule has 0 saturated heterocycles. The number of halogens is 1. The zero-order valence-corrected chi connectivity index (χ0v) is 14.0. The molecule has 0 fully saturated rings. The molecular weight excluding hydrogens is 333 g/mol. The number of nitrogens with two attached hydrogens (primary N) is 1. The van der Waals surface area contributed by atoms with Crippen molar-refractivity contribution in [2.45, 2.75) is 13.0 Å². The van der Waals surface area contributed by atoms with Gasteiger partial charge < -0.3 is 10.6 Å². The van der Waals surface area contributed by atoms with E-state index in [9.17, 15) is 9.18 Å². The van der Waals surface area contributed by atoms with Gasteiger partial charge in [0.25, 0.3) is 5.91 Å². The fourth-order valence-corrected chi connectivity index (χ4v) is 2.46. The highest BCUT2D eigenvalue weighted by atomic mass is 19.1. The topological polar surface area (TPSA) is 77.2 Å². The Labute approximate surface area is 150 Å². The van der Waals surface area contributed by atoms with Gasteiger partial charge >= 0.3 is 0 Å². The highest BCUT2D eigenvalue weighted by Crippen LogP contribution is 2.23. The number of hydrogen-bond acceptors (Lipinski definition) is 4. The van der Waals surface area contributed by atoms with E-state index >= 15 is 0 Å². The summed E-state index contributed by atoms with van der Waals surface area (Å²) in [6.07, 6.45) is 3.47. The maximum atomic E-state index is 13.7. The summed E-state index contributed by atoms with van der Waals surface area (Å²) >= 11 is 0. The fourth-order valence-electron chi connectivity index (χ4n) is 2.46. The molecule has 3 rings (SSSR count). The second kappa shape index (κ2) is 8.22. The normalized spacial score (nSPS) is 10.4. The average Bonchev–Trinajstić information content (AvgIpc) is 2.68. The number of rotatable bonds is 6. The molecule has 0 unspecified atom stereocenters. The lowest BCUT2D eigenvalue weighted by Crippen LogP contribution is -2.27. The largest absolute Gasteiger partial charge is 0.379 e. The van der Waals surface area contributed by atoms with Gasteiger partial charge in [-0.1, -0.05) is 24.3 Å². The van der Waals surface area contributed by atoms with E-state index in [1.54, 1.807) is 18.3 Å². The van der Waals surface area contributed by atoms with Gasteiger partial charge in [0.1, 0.15) is 5.82 Å². The van der Waals surface area contributed by atoms with Crippen LogP contribution in [-0.2, 0) is 13.0 Å². The Balaban J connectivity index is 1.74. The molecule has 0 bridgehead atoms. The summed E-state index contributed by atoms with van der Waals surface area (Å²) in [6, 6.07) is 15.2. The Morgan fingerprint density at radius 3 is 2.58 bits per heavy atom. The van der Waals surface area contributed by atoms with Gasteiger partial charge in [0.2, 0.25) is 0 Å². The molecule has 132 valence electrons. The number of carbonyl (C=O) groups excluding carboxylic acids is 1. The Bertz CT molecular complexity index is 883. The lowest BCUT2D eigenvalue weighted by Gasteiger charge is -2.12. The number of aromatic nitrogens is 1. The van der Waals surface area contributed by atoms with Crippen LogP contribution in [0.1, 0.15) is 27.0 Å². The van der Waals surface area contributed by atoms with E-state index < -0.39 is 5.91 Å². The number of hydrogen-bond donors (Lipinski definition) is 2. The molecule has 3 N–H and O–H groups in total. The fraction of sp³-hybridized carbons (Fsp3) is 0.100. The monoisotopic (exact) mass is 351 g/mol. The molecule has 0 saturated carbocycles. The first-order valence-electron chi connectivity index (χ1n) is 8.09. The molecule has 6 heteroatoms. The predicted octanol–water partition coefficient (Wildman–Crippen LogP) is 2.99. The first kappa shape index (κ1) is 17.6. The third-order valence-electron chi connectivity index (χ3n) is 3.85. The van der Waals surface area contributed by atoms with Crippen LogP contribution in [0.25, 0.3) is 0 Å². The summed E-state index contributed by atoms with van der Waals surface area (Å²) in [5, 5.41) is 0. The van der Waals surface area contributed by atoms with Crippen LogP contribution in [0.15, 0.2) is 67.0 Å². The van der Waals surface area contributed by atoms with Crippen molar-refractivity contribution in [1.29, 1.82) is 0 Å². The number of hydroxylamine groups is 1. The van der Waals surface area contributed by atoms with Gasteiger partial charge in [-0.25, -0.2) is 4.39 Å². The molecular formula is C20H18FN3O2. The molecule has 1 heterocycles. The van der Waals surface area contributed by atoms with Crippen molar-refractivity contribution in [2.24, 2.45) is 5.73 Å². The van der Waals surface area contributed by atoms with E-state index in [2.05, 4.69) is 10.5 Å². The maximum absolute atomic E-state index is 13.7. The van der Waals surface area contributed by atoms with Crippen molar-refractivity contribution >= 4 is 5.91 Å². The third-order valence-corrected chi connectivity index (χ3v) is 3.85. The lowest BCUT2D eigenvalue weighted by atomic mass is 10.0. The van der Waals surface area contributed by atoms with Gasteiger partial charge in [0.05, 0.1) is 5.56 Å². The zero-order valence-electron chi connectivity index (χ0n) is 14.0. The SMILES string of the molecule is NCc1ccc(Cc2cc(F)ccc2ONC(=O)c2cccnc2)cc1. The van der Waals surface area contributed by atoms with Gasteiger partial charge in [0.15, 0.2) is 5.75 Å². The summed E-state index contributed by atoms with van der Waals surface area (Å²) in [7, 11) is 0. The number of benzene rings is 2. The molecule has 0 aliphatic heterocycles. The van der Waals surface area contributed by atoms with E-state index in [-0.39, 0.29) is 5.82 Å². The van der Waals surface area contributed by atoms with Crippen LogP contribution in [0.4, 0.5) is 4.39 Å². The average molecular weight is 351 g/mol. The van der Waals surface area contributed by atoms with Gasteiger partial charge in [-0.2, -0.15) is 5.48 Å². The van der Waals surface area contributed by atoms with Gasteiger partial charge in [-0.3, -0.25) is 9.78 Å². The Hall–Kier alpha value is -3.25. The van der Waals surface area contributed by atoms with Gasteiger partial charge in [0, 0.05) is 30.9 Å². The number of pyridine rings is 1. The smallest absolute Gasteiger partial charge is 0.285 e. The first-order chi connectivity index (χ1) is 12.7. The van der Waals surface area contributed by atoms with E-state index in [1.165, 1.54) is 24.4 Å². The second-order valence-corrected chi connectivity index (χ2v) is 5.72. The number of nitrogens with zero attached hydrogens (tertiary/aromatic N) is 1. The molecule has 0 aliphatic carbocycles. The Morgan fingerprint density at radius 2 is 1.88 bits per heavy atom. The highest BCUT2D eigenvalue weighted by molar-refractivity contribution is 5.93. The summed E-state index contributed by atoms with van der Waals surface area (Å²) in [5.41, 5.74) is 11.0. The summed E-state index contributed by atoms with van der Waals surface area (Å²) in [5.74, 6) is -0.420. The van der Waals surface area contributed by atoms with Gasteiger partial charge in [-0.05, 0) is 41.5 Å². The van der Waals surface area contributed by atoms with Gasteiger partial charge in [-0.15, -0.1) is 0 Å². The molecule has 1 amide bonds. The van der Waals surface area contributed by atoms with Crippen molar-refractivity contribution in [3.63, 3.8) is 0 Å².